The highest BCUT2D eigenvalue weighted by Gasteiger charge is 2.18. The predicted octanol–water partition coefficient (Wildman–Crippen LogP) is 3.77. The van der Waals surface area contributed by atoms with E-state index < -0.39 is 0 Å². The minimum atomic E-state index is -0.0416. The van der Waals surface area contributed by atoms with Gasteiger partial charge in [0.15, 0.2) is 0 Å². The number of ether oxygens (including phenoxy) is 1. The SMILES string of the molecule is Cc1ccc(C(=O)NCC2CNC2)cc1OCc1csc(Br)c1.Cl. The van der Waals surface area contributed by atoms with E-state index in [2.05, 4.69) is 31.9 Å². The number of carbonyl (C=O) groups is 1. The molecule has 4 nitrogen and oxygen atoms in total. The van der Waals surface area contributed by atoms with Gasteiger partial charge >= 0.3 is 0 Å². The summed E-state index contributed by atoms with van der Waals surface area (Å²) in [5.41, 5.74) is 2.79. The zero-order chi connectivity index (χ0) is 16.2. The Morgan fingerprint density at radius 1 is 1.42 bits per heavy atom. The smallest absolute Gasteiger partial charge is 0.251 e. The van der Waals surface area contributed by atoms with Crippen LogP contribution >= 0.6 is 39.7 Å². The lowest BCUT2D eigenvalue weighted by Crippen LogP contribution is -2.48. The van der Waals surface area contributed by atoms with Crippen LogP contribution in [-0.4, -0.2) is 25.5 Å². The predicted molar refractivity (Wildman–Crippen MR) is 103 cm³/mol. The topological polar surface area (TPSA) is 50.4 Å². The van der Waals surface area contributed by atoms with Gasteiger partial charge in [-0.25, -0.2) is 0 Å². The number of hydrogen-bond donors (Lipinski definition) is 2. The van der Waals surface area contributed by atoms with Crippen LogP contribution in [0.15, 0.2) is 33.4 Å². The second-order valence-corrected chi connectivity index (χ2v) is 8.05. The van der Waals surface area contributed by atoms with Gasteiger partial charge in [0.25, 0.3) is 5.91 Å². The van der Waals surface area contributed by atoms with E-state index in [1.165, 1.54) is 0 Å². The molecule has 0 radical (unpaired) electrons. The van der Waals surface area contributed by atoms with Crippen molar-refractivity contribution in [2.45, 2.75) is 13.5 Å². The molecule has 1 amide bonds. The van der Waals surface area contributed by atoms with E-state index in [9.17, 15) is 4.79 Å². The number of halogens is 2. The fourth-order valence-electron chi connectivity index (χ4n) is 2.31. The largest absolute Gasteiger partial charge is 0.489 e. The van der Waals surface area contributed by atoms with Gasteiger partial charge in [-0.15, -0.1) is 23.7 Å². The first-order valence-electron chi connectivity index (χ1n) is 7.57. The van der Waals surface area contributed by atoms with Crippen LogP contribution in [-0.2, 0) is 6.61 Å². The van der Waals surface area contributed by atoms with Crippen LogP contribution in [0, 0.1) is 12.8 Å². The van der Waals surface area contributed by atoms with E-state index >= 15 is 0 Å². The van der Waals surface area contributed by atoms with E-state index in [1.807, 2.05) is 31.2 Å². The van der Waals surface area contributed by atoms with Gasteiger partial charge in [-0.05, 0) is 52.0 Å². The molecule has 0 saturated carbocycles. The summed E-state index contributed by atoms with van der Waals surface area (Å²) >= 11 is 5.08. The van der Waals surface area contributed by atoms with Gasteiger partial charge in [-0.3, -0.25) is 4.79 Å². The quantitative estimate of drug-likeness (QED) is 0.732. The van der Waals surface area contributed by atoms with Gasteiger partial charge in [0.1, 0.15) is 12.4 Å². The molecule has 7 heteroatoms. The minimum absolute atomic E-state index is 0. The Kier molecular flexibility index (Phi) is 7.10. The molecule has 1 aromatic carbocycles. The summed E-state index contributed by atoms with van der Waals surface area (Å²) in [5.74, 6) is 1.27. The maximum absolute atomic E-state index is 12.2. The summed E-state index contributed by atoms with van der Waals surface area (Å²) in [5, 5.41) is 8.25. The average Bonchev–Trinajstić information content (AvgIpc) is 2.90. The molecule has 1 aliphatic rings. The molecule has 3 rings (SSSR count). The molecule has 0 atom stereocenters. The molecule has 2 heterocycles. The van der Waals surface area contributed by atoms with Crippen molar-refractivity contribution >= 4 is 45.6 Å². The molecule has 1 aliphatic heterocycles. The van der Waals surface area contributed by atoms with Crippen LogP contribution < -0.4 is 15.4 Å². The first-order chi connectivity index (χ1) is 11.1. The lowest BCUT2D eigenvalue weighted by molar-refractivity contribution is 0.0941. The van der Waals surface area contributed by atoms with E-state index in [-0.39, 0.29) is 18.3 Å². The molecule has 1 fully saturated rings. The van der Waals surface area contributed by atoms with Gasteiger partial charge in [0, 0.05) is 36.7 Å². The Morgan fingerprint density at radius 2 is 2.21 bits per heavy atom. The molecule has 2 N–H and O–H groups in total. The molecule has 1 aromatic heterocycles. The number of benzene rings is 1. The summed E-state index contributed by atoms with van der Waals surface area (Å²) in [6.45, 7) is 5.18. The minimum Gasteiger partial charge on any atom is -0.489 e. The lowest BCUT2D eigenvalue weighted by atomic mass is 10.0. The highest BCUT2D eigenvalue weighted by Crippen LogP contribution is 2.24. The van der Waals surface area contributed by atoms with Crippen LogP contribution in [0.25, 0.3) is 0 Å². The number of carbonyl (C=O) groups excluding carboxylic acids is 1. The third-order valence-corrected chi connectivity index (χ3v) is 5.44. The van der Waals surface area contributed by atoms with Crippen LogP contribution in [0.4, 0.5) is 0 Å². The number of hydrogen-bond acceptors (Lipinski definition) is 4. The summed E-state index contributed by atoms with van der Waals surface area (Å²) in [7, 11) is 0. The Bertz CT molecular complexity index is 704. The van der Waals surface area contributed by atoms with Gasteiger partial charge in [-0.1, -0.05) is 6.07 Å². The molecule has 0 unspecified atom stereocenters. The fraction of sp³-hybridized carbons (Fsp3) is 0.353. The number of amides is 1. The number of thiophene rings is 1. The summed E-state index contributed by atoms with van der Waals surface area (Å²) in [6.07, 6.45) is 0. The molecule has 130 valence electrons. The highest BCUT2D eigenvalue weighted by atomic mass is 79.9. The summed E-state index contributed by atoms with van der Waals surface area (Å²) in [4.78, 5) is 12.2. The van der Waals surface area contributed by atoms with Gasteiger partial charge < -0.3 is 15.4 Å². The van der Waals surface area contributed by atoms with Crippen LogP contribution in [0.1, 0.15) is 21.5 Å². The monoisotopic (exact) mass is 430 g/mol. The molecule has 0 bridgehead atoms. The Labute approximate surface area is 160 Å². The zero-order valence-corrected chi connectivity index (χ0v) is 16.5. The number of nitrogens with one attached hydrogen (secondary N) is 2. The van der Waals surface area contributed by atoms with Crippen molar-refractivity contribution in [1.82, 2.24) is 10.6 Å². The number of aryl methyl sites for hydroxylation is 1. The molecule has 0 aliphatic carbocycles. The van der Waals surface area contributed by atoms with Crippen LogP contribution in [0.5, 0.6) is 5.75 Å². The molecule has 0 spiro atoms. The van der Waals surface area contributed by atoms with Crippen molar-refractivity contribution in [3.63, 3.8) is 0 Å². The van der Waals surface area contributed by atoms with Crippen molar-refractivity contribution in [1.29, 1.82) is 0 Å². The molecule has 24 heavy (non-hydrogen) atoms. The van der Waals surface area contributed by atoms with E-state index in [1.54, 1.807) is 11.3 Å². The van der Waals surface area contributed by atoms with Crippen LogP contribution in [0.3, 0.4) is 0 Å². The zero-order valence-electron chi connectivity index (χ0n) is 13.3. The molecule has 2 aromatic rings. The summed E-state index contributed by atoms with van der Waals surface area (Å²) < 4.78 is 6.97. The van der Waals surface area contributed by atoms with Crippen molar-refractivity contribution in [3.8, 4) is 5.75 Å². The molecule has 1 saturated heterocycles. The number of rotatable bonds is 6. The second-order valence-electron chi connectivity index (χ2n) is 5.76. The van der Waals surface area contributed by atoms with Crippen molar-refractivity contribution in [2.75, 3.05) is 19.6 Å². The standard InChI is InChI=1S/C17H19BrN2O2S.ClH/c1-11-2-3-14(17(21)20-8-13-6-19-7-13)5-15(11)22-9-12-4-16(18)23-10-12;/h2-5,10,13,19H,6-9H2,1H3,(H,20,21);1H. The third-order valence-electron chi connectivity index (χ3n) is 3.88. The van der Waals surface area contributed by atoms with E-state index in [4.69, 9.17) is 4.74 Å². The third kappa shape index (κ3) is 4.96. The van der Waals surface area contributed by atoms with E-state index in [0.717, 1.165) is 40.3 Å². The maximum Gasteiger partial charge on any atom is 0.251 e. The molecular weight excluding hydrogens is 412 g/mol. The van der Waals surface area contributed by atoms with Crippen molar-refractivity contribution < 1.29 is 9.53 Å². The first kappa shape index (κ1) is 19.2. The average molecular weight is 432 g/mol. The second kappa shape index (κ2) is 8.85. The Morgan fingerprint density at radius 3 is 2.83 bits per heavy atom. The van der Waals surface area contributed by atoms with Gasteiger partial charge in [-0.2, -0.15) is 0 Å². The van der Waals surface area contributed by atoms with Crippen LogP contribution in [0.2, 0.25) is 0 Å². The van der Waals surface area contributed by atoms with Crippen molar-refractivity contribution in [2.24, 2.45) is 5.92 Å². The van der Waals surface area contributed by atoms with E-state index in [0.29, 0.717) is 18.1 Å². The Hall–Kier alpha value is -1.08. The fourth-order valence-corrected chi connectivity index (χ4v) is 3.51. The highest BCUT2D eigenvalue weighted by molar-refractivity contribution is 9.11. The first-order valence-corrected chi connectivity index (χ1v) is 9.24. The molecular formula is C17H20BrClN2O2S. The van der Waals surface area contributed by atoms with Gasteiger partial charge in [0.2, 0.25) is 0 Å². The lowest BCUT2D eigenvalue weighted by Gasteiger charge is -2.27. The normalized spacial score (nSPS) is 13.8. The summed E-state index contributed by atoms with van der Waals surface area (Å²) in [6, 6.07) is 7.64. The Balaban J connectivity index is 0.00000208. The maximum atomic E-state index is 12.2. The van der Waals surface area contributed by atoms with Crippen molar-refractivity contribution in [3.05, 3.63) is 50.1 Å². The van der Waals surface area contributed by atoms with Gasteiger partial charge in [0.05, 0.1) is 3.79 Å².